The van der Waals surface area contributed by atoms with Gasteiger partial charge in [0.25, 0.3) is 0 Å². The Hall–Kier alpha value is -2.30. The largest absolute Gasteiger partial charge is 0.339 e. The van der Waals surface area contributed by atoms with Crippen LogP contribution in [0.2, 0.25) is 5.15 Å². The lowest BCUT2D eigenvalue weighted by Crippen LogP contribution is -2.39. The van der Waals surface area contributed by atoms with Crippen molar-refractivity contribution < 1.29 is 12.9 Å². The lowest BCUT2D eigenvalue weighted by atomic mass is 9.92. The number of nitrogens with zero attached hydrogens (tertiary/aromatic N) is 6. The zero-order valence-corrected chi connectivity index (χ0v) is 18.2. The summed E-state index contributed by atoms with van der Waals surface area (Å²) in [5.74, 6) is 1.32. The van der Waals surface area contributed by atoms with Crippen molar-refractivity contribution >= 4 is 21.6 Å². The smallest absolute Gasteiger partial charge is 0.248 e. The highest BCUT2D eigenvalue weighted by molar-refractivity contribution is 7.89. The number of rotatable bonds is 4. The summed E-state index contributed by atoms with van der Waals surface area (Å²) in [5.41, 5.74) is 1.26. The second-order valence-corrected chi connectivity index (χ2v) is 10.3. The molecule has 5 rings (SSSR count). The third kappa shape index (κ3) is 3.05. The van der Waals surface area contributed by atoms with Gasteiger partial charge in [-0.2, -0.15) is 14.4 Å². The van der Waals surface area contributed by atoms with E-state index in [4.69, 9.17) is 16.1 Å². The van der Waals surface area contributed by atoms with Gasteiger partial charge in [-0.05, 0) is 43.7 Å². The van der Waals surface area contributed by atoms with Gasteiger partial charge in [0.1, 0.15) is 10.0 Å². The van der Waals surface area contributed by atoms with Gasteiger partial charge in [-0.15, -0.1) is 0 Å². The molecule has 1 aliphatic heterocycles. The minimum Gasteiger partial charge on any atom is -0.339 e. The van der Waals surface area contributed by atoms with E-state index >= 15 is 0 Å². The molecule has 1 aliphatic carbocycles. The quantitative estimate of drug-likeness (QED) is 0.603. The molecule has 0 unspecified atom stereocenters. The Kier molecular flexibility index (Phi) is 4.49. The number of piperidine rings is 1. The number of halogens is 1. The SMILES string of the molecule is Cc1nn(C)c(Cl)c1S(=O)(=O)N1CCC2(CC1)C[C@@H]2c1nc(-c2cccnc2)no1. The van der Waals surface area contributed by atoms with Crippen molar-refractivity contribution in [2.75, 3.05) is 13.1 Å². The minimum absolute atomic E-state index is 0.0263. The highest BCUT2D eigenvalue weighted by Gasteiger charge is 2.59. The molecule has 1 spiro atoms. The van der Waals surface area contributed by atoms with Gasteiger partial charge in [0, 0.05) is 44.0 Å². The van der Waals surface area contributed by atoms with Crippen molar-refractivity contribution in [2.45, 2.75) is 37.0 Å². The Morgan fingerprint density at radius 2 is 2.07 bits per heavy atom. The van der Waals surface area contributed by atoms with Gasteiger partial charge in [0.2, 0.25) is 21.7 Å². The summed E-state index contributed by atoms with van der Waals surface area (Å²) in [6, 6.07) is 3.72. The molecule has 0 radical (unpaired) electrons. The van der Waals surface area contributed by atoms with Crippen LogP contribution in [0.3, 0.4) is 0 Å². The molecule has 11 heteroatoms. The molecule has 1 saturated heterocycles. The van der Waals surface area contributed by atoms with Gasteiger partial charge in [0.05, 0.1) is 5.69 Å². The summed E-state index contributed by atoms with van der Waals surface area (Å²) in [4.78, 5) is 8.74. The topological polar surface area (TPSA) is 107 Å². The molecule has 0 amide bonds. The fourth-order valence-corrected chi connectivity index (χ4v) is 6.59. The Labute approximate surface area is 179 Å². The van der Waals surface area contributed by atoms with Crippen LogP contribution in [0, 0.1) is 12.3 Å². The molecule has 158 valence electrons. The first-order chi connectivity index (χ1) is 14.3. The summed E-state index contributed by atoms with van der Waals surface area (Å²) in [5, 5.41) is 8.37. The third-order valence-corrected chi connectivity index (χ3v) is 8.86. The Morgan fingerprint density at radius 3 is 2.70 bits per heavy atom. The van der Waals surface area contributed by atoms with Gasteiger partial charge >= 0.3 is 0 Å². The van der Waals surface area contributed by atoms with Crippen molar-refractivity contribution in [2.24, 2.45) is 12.5 Å². The lowest BCUT2D eigenvalue weighted by Gasteiger charge is -2.31. The maximum Gasteiger partial charge on any atom is 0.248 e. The molecule has 2 fully saturated rings. The number of hydrogen-bond acceptors (Lipinski definition) is 7. The van der Waals surface area contributed by atoms with E-state index in [0.717, 1.165) is 24.8 Å². The molecule has 0 aromatic carbocycles. The molecule has 9 nitrogen and oxygen atoms in total. The van der Waals surface area contributed by atoms with Crippen LogP contribution in [0.4, 0.5) is 0 Å². The number of aromatic nitrogens is 5. The van der Waals surface area contributed by atoms with Crippen molar-refractivity contribution in [1.82, 2.24) is 29.2 Å². The number of pyridine rings is 1. The van der Waals surface area contributed by atoms with E-state index in [1.165, 1.54) is 8.99 Å². The molecular weight excluding hydrogens is 428 g/mol. The first kappa shape index (κ1) is 19.7. The molecule has 0 N–H and O–H groups in total. The van der Waals surface area contributed by atoms with Crippen LogP contribution < -0.4 is 0 Å². The molecular formula is C19H21ClN6O3S. The van der Waals surface area contributed by atoms with E-state index in [-0.39, 0.29) is 21.4 Å². The van der Waals surface area contributed by atoms with Gasteiger partial charge in [0.15, 0.2) is 0 Å². The second kappa shape index (κ2) is 6.86. The first-order valence-corrected chi connectivity index (χ1v) is 11.6. The zero-order valence-electron chi connectivity index (χ0n) is 16.6. The standard InChI is InChI=1S/C19H21ClN6O3S/c1-12-15(16(20)25(2)23-12)30(27,28)26-8-5-19(6-9-26)10-14(19)18-22-17(24-29-18)13-4-3-7-21-11-13/h3-4,7,11,14H,5-6,8-10H2,1-2H3/t14-/m1/s1. The average molecular weight is 449 g/mol. The third-order valence-electron chi connectivity index (χ3n) is 6.27. The maximum atomic E-state index is 13.1. The molecule has 30 heavy (non-hydrogen) atoms. The van der Waals surface area contributed by atoms with Crippen molar-refractivity contribution in [3.63, 3.8) is 0 Å². The number of sulfonamides is 1. The second-order valence-electron chi connectivity index (χ2n) is 8.05. The monoisotopic (exact) mass is 448 g/mol. The lowest BCUT2D eigenvalue weighted by molar-refractivity contribution is 0.242. The molecule has 1 saturated carbocycles. The van der Waals surface area contributed by atoms with E-state index < -0.39 is 10.0 Å². The van der Waals surface area contributed by atoms with E-state index in [9.17, 15) is 8.42 Å². The maximum absolute atomic E-state index is 13.1. The number of hydrogen-bond donors (Lipinski definition) is 0. The van der Waals surface area contributed by atoms with E-state index in [1.807, 2.05) is 12.1 Å². The first-order valence-electron chi connectivity index (χ1n) is 9.75. The van der Waals surface area contributed by atoms with Crippen LogP contribution in [-0.4, -0.2) is 50.7 Å². The Bertz CT molecular complexity index is 1200. The van der Waals surface area contributed by atoms with Gasteiger partial charge < -0.3 is 4.52 Å². The van der Waals surface area contributed by atoms with Crippen molar-refractivity contribution in [3.05, 3.63) is 41.3 Å². The molecule has 3 aromatic heterocycles. The summed E-state index contributed by atoms with van der Waals surface area (Å²) in [6.45, 7) is 2.54. The highest BCUT2D eigenvalue weighted by atomic mass is 35.5. The van der Waals surface area contributed by atoms with Crippen LogP contribution in [0.15, 0.2) is 33.9 Å². The van der Waals surface area contributed by atoms with Gasteiger partial charge in [-0.25, -0.2) is 8.42 Å². The fraction of sp³-hybridized carbons (Fsp3) is 0.474. The van der Waals surface area contributed by atoms with Crippen LogP contribution in [0.1, 0.15) is 36.8 Å². The minimum atomic E-state index is -3.68. The predicted molar refractivity (Wildman–Crippen MR) is 108 cm³/mol. The van der Waals surface area contributed by atoms with Crippen molar-refractivity contribution in [1.29, 1.82) is 0 Å². The van der Waals surface area contributed by atoms with Crippen LogP contribution in [-0.2, 0) is 17.1 Å². The summed E-state index contributed by atoms with van der Waals surface area (Å²) < 4.78 is 34.7. The van der Waals surface area contributed by atoms with Crippen molar-refractivity contribution in [3.8, 4) is 11.4 Å². The van der Waals surface area contributed by atoms with Crippen LogP contribution in [0.5, 0.6) is 0 Å². The molecule has 0 bridgehead atoms. The van der Waals surface area contributed by atoms with Crippen LogP contribution >= 0.6 is 11.6 Å². The van der Waals surface area contributed by atoms with Crippen LogP contribution in [0.25, 0.3) is 11.4 Å². The normalized spacial score (nSPS) is 21.2. The molecule has 4 heterocycles. The Morgan fingerprint density at radius 1 is 1.30 bits per heavy atom. The average Bonchev–Trinajstić information content (AvgIpc) is 3.08. The predicted octanol–water partition coefficient (Wildman–Crippen LogP) is 2.79. The van der Waals surface area contributed by atoms with Gasteiger partial charge in [-0.3, -0.25) is 9.67 Å². The summed E-state index contributed by atoms with van der Waals surface area (Å²) in [7, 11) is -2.04. The zero-order chi connectivity index (χ0) is 21.1. The fourth-order valence-electron chi connectivity index (χ4n) is 4.44. The molecule has 2 aliphatic rings. The van der Waals surface area contributed by atoms with E-state index in [2.05, 4.69) is 20.2 Å². The van der Waals surface area contributed by atoms with E-state index in [1.54, 1.807) is 26.4 Å². The summed E-state index contributed by atoms with van der Waals surface area (Å²) in [6.07, 6.45) is 5.83. The molecule has 1 atom stereocenters. The van der Waals surface area contributed by atoms with Gasteiger partial charge in [-0.1, -0.05) is 16.8 Å². The Balaban J connectivity index is 1.30. The molecule has 3 aromatic rings. The van der Waals surface area contributed by atoms with E-state index in [0.29, 0.717) is 30.5 Å². The number of aryl methyl sites for hydroxylation is 2. The highest BCUT2D eigenvalue weighted by Crippen LogP contribution is 2.64. The summed E-state index contributed by atoms with van der Waals surface area (Å²) >= 11 is 6.20.